The van der Waals surface area contributed by atoms with E-state index < -0.39 is 0 Å². The maximum atomic E-state index is 12.7. The van der Waals surface area contributed by atoms with Crippen molar-refractivity contribution in [3.8, 4) is 5.88 Å². The molecule has 1 aromatic carbocycles. The third-order valence-corrected chi connectivity index (χ3v) is 4.58. The van der Waals surface area contributed by atoms with Crippen molar-refractivity contribution in [2.75, 3.05) is 24.8 Å². The third kappa shape index (κ3) is 2.49. The second-order valence-electron chi connectivity index (χ2n) is 4.59. The number of nitrogens with zero attached hydrogens (tertiary/aromatic N) is 3. The van der Waals surface area contributed by atoms with Crippen LogP contribution in [0, 0.1) is 0 Å². The third-order valence-electron chi connectivity index (χ3n) is 3.37. The van der Waals surface area contributed by atoms with Crippen LogP contribution in [0.3, 0.4) is 0 Å². The highest BCUT2D eigenvalue weighted by molar-refractivity contribution is 7.99. The van der Waals surface area contributed by atoms with E-state index >= 15 is 0 Å². The number of halogens is 1. The van der Waals surface area contributed by atoms with Gasteiger partial charge in [-0.3, -0.25) is 9.36 Å². The van der Waals surface area contributed by atoms with Gasteiger partial charge in [-0.2, -0.15) is 4.98 Å². The molecule has 1 aliphatic heterocycles. The molecule has 0 N–H and O–H groups in total. The summed E-state index contributed by atoms with van der Waals surface area (Å²) in [4.78, 5) is 18.9. The largest absolute Gasteiger partial charge is 0.479 e. The number of hydrogen-bond donors (Lipinski definition) is 0. The standard InChI is InChI=1S/C14H14ClN3O2S/c1-17(10-5-3-9(15)4-6-10)11-12(20-2)16-14-18(13(11)19)7-8-21-14/h3-6H,7-8H2,1-2H3. The number of fused-ring (bicyclic) bond motifs is 1. The van der Waals surface area contributed by atoms with Crippen molar-refractivity contribution < 1.29 is 4.74 Å². The van der Waals surface area contributed by atoms with Crippen molar-refractivity contribution in [3.05, 3.63) is 39.6 Å². The zero-order valence-electron chi connectivity index (χ0n) is 11.7. The summed E-state index contributed by atoms with van der Waals surface area (Å²) >= 11 is 7.47. The van der Waals surface area contributed by atoms with Crippen LogP contribution in [-0.2, 0) is 6.54 Å². The monoisotopic (exact) mass is 323 g/mol. The molecule has 7 heteroatoms. The molecule has 1 aromatic heterocycles. The van der Waals surface area contributed by atoms with Gasteiger partial charge in [0, 0.05) is 30.1 Å². The van der Waals surface area contributed by atoms with Gasteiger partial charge in [-0.15, -0.1) is 0 Å². The molecule has 0 atom stereocenters. The molecule has 2 heterocycles. The Morgan fingerprint density at radius 1 is 1.38 bits per heavy atom. The Bertz CT molecular complexity index is 730. The number of anilines is 2. The molecule has 0 fully saturated rings. The smallest absolute Gasteiger partial charge is 0.282 e. The van der Waals surface area contributed by atoms with Crippen molar-refractivity contribution in [1.29, 1.82) is 0 Å². The van der Waals surface area contributed by atoms with Crippen molar-refractivity contribution in [1.82, 2.24) is 9.55 Å². The van der Waals surface area contributed by atoms with Crippen LogP contribution < -0.4 is 15.2 Å². The summed E-state index contributed by atoms with van der Waals surface area (Å²) in [6, 6.07) is 7.28. The molecule has 0 unspecified atom stereocenters. The number of aromatic nitrogens is 2. The van der Waals surface area contributed by atoms with Gasteiger partial charge in [0.1, 0.15) is 0 Å². The van der Waals surface area contributed by atoms with E-state index in [1.165, 1.54) is 7.11 Å². The minimum atomic E-state index is -0.0840. The van der Waals surface area contributed by atoms with E-state index in [1.807, 2.05) is 19.2 Å². The normalized spacial score (nSPS) is 13.1. The number of hydrogen-bond acceptors (Lipinski definition) is 5. The highest BCUT2D eigenvalue weighted by atomic mass is 35.5. The van der Waals surface area contributed by atoms with Gasteiger partial charge in [-0.25, -0.2) is 0 Å². The van der Waals surface area contributed by atoms with E-state index in [0.29, 0.717) is 28.3 Å². The second kappa shape index (κ2) is 5.61. The van der Waals surface area contributed by atoms with Crippen LogP contribution in [0.2, 0.25) is 5.02 Å². The van der Waals surface area contributed by atoms with Gasteiger partial charge in [0.15, 0.2) is 10.8 Å². The van der Waals surface area contributed by atoms with Crippen LogP contribution in [-0.4, -0.2) is 29.5 Å². The molecule has 0 saturated heterocycles. The summed E-state index contributed by atoms with van der Waals surface area (Å²) < 4.78 is 7.00. The van der Waals surface area contributed by atoms with Crippen LogP contribution in [0.1, 0.15) is 0 Å². The van der Waals surface area contributed by atoms with Gasteiger partial charge < -0.3 is 9.64 Å². The highest BCUT2D eigenvalue weighted by Gasteiger charge is 2.24. The lowest BCUT2D eigenvalue weighted by Gasteiger charge is -2.21. The second-order valence-corrected chi connectivity index (χ2v) is 6.09. The van der Waals surface area contributed by atoms with Crippen LogP contribution in [0.5, 0.6) is 5.88 Å². The molecule has 0 aliphatic carbocycles. The average molecular weight is 324 g/mol. The topological polar surface area (TPSA) is 47.4 Å². The zero-order chi connectivity index (χ0) is 15.0. The Kier molecular flexibility index (Phi) is 3.82. The molecule has 3 rings (SSSR count). The van der Waals surface area contributed by atoms with Gasteiger partial charge in [0.2, 0.25) is 5.88 Å². The van der Waals surface area contributed by atoms with E-state index in [0.717, 1.165) is 11.4 Å². The SMILES string of the molecule is COc1nc2n(c(=O)c1N(C)c1ccc(Cl)cc1)CCS2. The summed E-state index contributed by atoms with van der Waals surface area (Å²) in [5.41, 5.74) is 1.20. The number of thioether (sulfide) groups is 1. The summed E-state index contributed by atoms with van der Waals surface area (Å²) in [7, 11) is 3.34. The quantitative estimate of drug-likeness (QED) is 0.813. The molecule has 5 nitrogen and oxygen atoms in total. The summed E-state index contributed by atoms with van der Waals surface area (Å²) in [5, 5.41) is 1.37. The summed E-state index contributed by atoms with van der Waals surface area (Å²) in [6.07, 6.45) is 0. The van der Waals surface area contributed by atoms with Gasteiger partial charge in [0.05, 0.1) is 7.11 Å². The fourth-order valence-electron chi connectivity index (χ4n) is 2.26. The lowest BCUT2D eigenvalue weighted by atomic mass is 10.3. The Balaban J connectivity index is 2.13. The number of ether oxygens (including phenoxy) is 1. The number of benzene rings is 1. The molecule has 0 saturated carbocycles. The lowest BCUT2D eigenvalue weighted by molar-refractivity contribution is 0.388. The van der Waals surface area contributed by atoms with Gasteiger partial charge >= 0.3 is 0 Å². The van der Waals surface area contributed by atoms with E-state index in [4.69, 9.17) is 16.3 Å². The fourth-order valence-corrected chi connectivity index (χ4v) is 3.32. The van der Waals surface area contributed by atoms with E-state index in [1.54, 1.807) is 33.4 Å². The molecule has 110 valence electrons. The first-order valence-electron chi connectivity index (χ1n) is 6.42. The fraction of sp³-hybridized carbons (Fsp3) is 0.286. The minimum Gasteiger partial charge on any atom is -0.479 e. The Morgan fingerprint density at radius 3 is 2.76 bits per heavy atom. The Hall–Kier alpha value is -1.66. The lowest BCUT2D eigenvalue weighted by Crippen LogP contribution is -2.28. The van der Waals surface area contributed by atoms with Gasteiger partial charge in [-0.05, 0) is 24.3 Å². The maximum absolute atomic E-state index is 12.7. The van der Waals surface area contributed by atoms with Gasteiger partial charge in [0.25, 0.3) is 5.56 Å². The molecular formula is C14H14ClN3O2S. The predicted molar refractivity (Wildman–Crippen MR) is 85.3 cm³/mol. The molecule has 0 spiro atoms. The first-order valence-corrected chi connectivity index (χ1v) is 7.79. The van der Waals surface area contributed by atoms with E-state index in [-0.39, 0.29) is 5.56 Å². The summed E-state index contributed by atoms with van der Waals surface area (Å²) in [5.74, 6) is 1.21. The highest BCUT2D eigenvalue weighted by Crippen LogP contribution is 2.32. The zero-order valence-corrected chi connectivity index (χ0v) is 13.2. The molecule has 1 aliphatic rings. The molecule has 0 radical (unpaired) electrons. The number of rotatable bonds is 3. The first kappa shape index (κ1) is 14.3. The molecule has 21 heavy (non-hydrogen) atoms. The van der Waals surface area contributed by atoms with Gasteiger partial charge in [-0.1, -0.05) is 23.4 Å². The van der Waals surface area contributed by atoms with Crippen LogP contribution in [0.4, 0.5) is 11.4 Å². The van der Waals surface area contributed by atoms with E-state index in [9.17, 15) is 4.79 Å². The molecule has 2 aromatic rings. The average Bonchev–Trinajstić information content (AvgIpc) is 2.96. The maximum Gasteiger partial charge on any atom is 0.282 e. The van der Waals surface area contributed by atoms with Crippen molar-refractivity contribution >= 4 is 34.7 Å². The number of methoxy groups -OCH3 is 1. The van der Waals surface area contributed by atoms with Crippen LogP contribution in [0.25, 0.3) is 0 Å². The van der Waals surface area contributed by atoms with Crippen molar-refractivity contribution in [2.24, 2.45) is 0 Å². The van der Waals surface area contributed by atoms with Crippen LogP contribution >= 0.6 is 23.4 Å². The Labute approximate surface area is 131 Å². The van der Waals surface area contributed by atoms with Crippen molar-refractivity contribution in [3.63, 3.8) is 0 Å². The molecule has 0 amide bonds. The van der Waals surface area contributed by atoms with Crippen molar-refractivity contribution in [2.45, 2.75) is 11.7 Å². The van der Waals surface area contributed by atoms with E-state index in [2.05, 4.69) is 4.98 Å². The molecule has 0 bridgehead atoms. The molecular weight excluding hydrogens is 310 g/mol. The predicted octanol–water partition coefficient (Wildman–Crippen LogP) is 2.78. The first-order chi connectivity index (χ1) is 10.1. The minimum absolute atomic E-state index is 0.0840. The van der Waals surface area contributed by atoms with Crippen LogP contribution in [0.15, 0.2) is 34.2 Å². The summed E-state index contributed by atoms with van der Waals surface area (Å²) in [6.45, 7) is 0.678. The Morgan fingerprint density at radius 2 is 2.10 bits per heavy atom.